The number of ether oxygens (including phenoxy) is 1. The van der Waals surface area contributed by atoms with E-state index in [2.05, 4.69) is 10.1 Å². The lowest BCUT2D eigenvalue weighted by Gasteiger charge is -2.29. The van der Waals surface area contributed by atoms with Crippen LogP contribution < -0.4 is 10.2 Å². The fourth-order valence-electron chi connectivity index (χ4n) is 3.38. The monoisotopic (exact) mass is 386 g/mol. The fraction of sp³-hybridized carbons (Fsp3) is 0.211. The highest BCUT2D eigenvalue weighted by Gasteiger charge is 2.57. The Morgan fingerprint density at radius 1 is 1.26 bits per heavy atom. The van der Waals surface area contributed by atoms with Crippen LogP contribution in [0.15, 0.2) is 47.4 Å². The van der Waals surface area contributed by atoms with Crippen LogP contribution in [0.5, 0.6) is 0 Å². The smallest absolute Gasteiger partial charge is 0.337 e. The maximum absolute atomic E-state index is 14.2. The van der Waals surface area contributed by atoms with Crippen LogP contribution in [-0.2, 0) is 14.3 Å². The molecule has 8 heteroatoms. The minimum atomic E-state index is -1.16. The molecule has 2 heterocycles. The maximum Gasteiger partial charge on any atom is 0.337 e. The van der Waals surface area contributed by atoms with Gasteiger partial charge >= 0.3 is 5.97 Å². The van der Waals surface area contributed by atoms with Crippen molar-refractivity contribution in [3.8, 4) is 0 Å². The van der Waals surface area contributed by atoms with Gasteiger partial charge in [-0.05, 0) is 36.8 Å². The molecule has 2 aliphatic rings. The molecule has 0 spiro atoms. The Labute approximate surface area is 158 Å². The maximum atomic E-state index is 14.2. The third-order valence-corrected chi connectivity index (χ3v) is 6.14. The predicted molar refractivity (Wildman–Crippen MR) is 98.1 cm³/mol. The molecule has 2 amide bonds. The molecule has 2 aliphatic heterocycles. The SMILES string of the molecule is COC(=O)c1ccc(F)c(NC(=O)[C@@]23CCC(=O)N2c2ccccc2S3)c1. The van der Waals surface area contributed by atoms with Crippen molar-refractivity contribution in [1.29, 1.82) is 0 Å². The number of thioether (sulfide) groups is 1. The summed E-state index contributed by atoms with van der Waals surface area (Å²) in [4.78, 5) is 38.4. The second-order valence-electron chi connectivity index (χ2n) is 6.22. The number of carbonyl (C=O) groups is 3. The van der Waals surface area contributed by atoms with E-state index in [1.54, 1.807) is 12.1 Å². The van der Waals surface area contributed by atoms with Crippen molar-refractivity contribution in [2.45, 2.75) is 22.6 Å². The molecule has 0 radical (unpaired) electrons. The Kier molecular flexibility index (Phi) is 4.15. The number of methoxy groups -OCH3 is 1. The zero-order chi connectivity index (χ0) is 19.2. The standard InChI is InChI=1S/C19H15FN2O4S/c1-26-17(24)11-6-7-12(20)13(10-11)21-18(25)19-9-8-16(23)22(19)14-4-2-3-5-15(14)27-19/h2-7,10H,8-9H2,1H3,(H,21,25)/t19-/m0/s1. The molecular formula is C19H15FN2O4S. The Morgan fingerprint density at radius 3 is 2.81 bits per heavy atom. The third kappa shape index (κ3) is 2.68. The number of hydrogen-bond acceptors (Lipinski definition) is 5. The van der Waals surface area contributed by atoms with Crippen molar-refractivity contribution >= 4 is 40.9 Å². The van der Waals surface area contributed by atoms with Gasteiger partial charge in [-0.15, -0.1) is 0 Å². The molecule has 4 rings (SSSR count). The molecule has 0 saturated carbocycles. The number of nitrogens with one attached hydrogen (secondary N) is 1. The van der Waals surface area contributed by atoms with Gasteiger partial charge in [-0.1, -0.05) is 23.9 Å². The summed E-state index contributed by atoms with van der Waals surface area (Å²) in [6.07, 6.45) is 0.550. The summed E-state index contributed by atoms with van der Waals surface area (Å²) < 4.78 is 18.8. The first-order valence-electron chi connectivity index (χ1n) is 8.27. The highest BCUT2D eigenvalue weighted by molar-refractivity contribution is 8.02. The second-order valence-corrected chi connectivity index (χ2v) is 7.54. The van der Waals surface area contributed by atoms with Crippen molar-refractivity contribution < 1.29 is 23.5 Å². The zero-order valence-corrected chi connectivity index (χ0v) is 15.1. The minimum absolute atomic E-state index is 0.119. The van der Waals surface area contributed by atoms with Gasteiger partial charge in [0.25, 0.3) is 5.91 Å². The van der Waals surface area contributed by atoms with Gasteiger partial charge in [0.15, 0.2) is 4.87 Å². The summed E-state index contributed by atoms with van der Waals surface area (Å²) in [6, 6.07) is 10.9. The average Bonchev–Trinajstić information content (AvgIpc) is 3.18. The highest BCUT2D eigenvalue weighted by Crippen LogP contribution is 2.56. The van der Waals surface area contributed by atoms with Crippen LogP contribution in [0.2, 0.25) is 0 Å². The van der Waals surface area contributed by atoms with E-state index >= 15 is 0 Å². The molecule has 0 aliphatic carbocycles. The van der Waals surface area contributed by atoms with E-state index in [4.69, 9.17) is 0 Å². The minimum Gasteiger partial charge on any atom is -0.465 e. The summed E-state index contributed by atoms with van der Waals surface area (Å²) in [6.45, 7) is 0. The van der Waals surface area contributed by atoms with Gasteiger partial charge < -0.3 is 10.1 Å². The van der Waals surface area contributed by atoms with Gasteiger partial charge in [-0.25, -0.2) is 9.18 Å². The predicted octanol–water partition coefficient (Wildman–Crippen LogP) is 3.18. The van der Waals surface area contributed by atoms with Gasteiger partial charge in [0.1, 0.15) is 5.82 Å². The molecule has 1 saturated heterocycles. The summed E-state index contributed by atoms with van der Waals surface area (Å²) in [5, 5.41) is 2.55. The number of amides is 2. The van der Waals surface area contributed by atoms with Crippen molar-refractivity contribution in [3.63, 3.8) is 0 Å². The van der Waals surface area contributed by atoms with Gasteiger partial charge in [-0.2, -0.15) is 0 Å². The summed E-state index contributed by atoms with van der Waals surface area (Å²) in [7, 11) is 1.22. The van der Waals surface area contributed by atoms with E-state index in [0.29, 0.717) is 12.1 Å². The van der Waals surface area contributed by atoms with E-state index in [9.17, 15) is 18.8 Å². The average molecular weight is 386 g/mol. The van der Waals surface area contributed by atoms with Crippen LogP contribution in [0, 0.1) is 5.82 Å². The normalized spacial score (nSPS) is 20.2. The van der Waals surface area contributed by atoms with Gasteiger partial charge in [0.05, 0.1) is 24.0 Å². The van der Waals surface area contributed by atoms with Crippen LogP contribution in [-0.4, -0.2) is 29.8 Å². The molecule has 1 fully saturated rings. The van der Waals surface area contributed by atoms with E-state index in [1.165, 1.54) is 35.9 Å². The Hall–Kier alpha value is -2.87. The van der Waals surface area contributed by atoms with Gasteiger partial charge in [0, 0.05) is 11.3 Å². The number of para-hydroxylation sites is 1. The Bertz CT molecular complexity index is 980. The first-order valence-corrected chi connectivity index (χ1v) is 9.08. The van der Waals surface area contributed by atoms with Gasteiger partial charge in [0.2, 0.25) is 5.91 Å². The summed E-state index contributed by atoms with van der Waals surface area (Å²) in [5.41, 5.74) is 0.672. The number of nitrogens with zero attached hydrogens (tertiary/aromatic N) is 1. The number of hydrogen-bond donors (Lipinski definition) is 1. The van der Waals surface area contributed by atoms with Crippen LogP contribution in [0.4, 0.5) is 15.8 Å². The van der Waals surface area contributed by atoms with Crippen molar-refractivity contribution in [3.05, 3.63) is 53.8 Å². The number of benzene rings is 2. The number of carbonyl (C=O) groups excluding carboxylic acids is 3. The lowest BCUT2D eigenvalue weighted by Crippen LogP contribution is -2.49. The quantitative estimate of drug-likeness (QED) is 0.820. The second kappa shape index (κ2) is 6.38. The number of halogens is 1. The summed E-state index contributed by atoms with van der Waals surface area (Å²) >= 11 is 1.29. The topological polar surface area (TPSA) is 75.7 Å². The molecule has 6 nitrogen and oxygen atoms in total. The van der Waals surface area contributed by atoms with Crippen LogP contribution in [0.3, 0.4) is 0 Å². The molecule has 0 bridgehead atoms. The van der Waals surface area contributed by atoms with Crippen LogP contribution in [0.1, 0.15) is 23.2 Å². The third-order valence-electron chi connectivity index (χ3n) is 4.66. The van der Waals surface area contributed by atoms with Gasteiger partial charge in [-0.3, -0.25) is 14.5 Å². The molecule has 2 aromatic rings. The van der Waals surface area contributed by atoms with E-state index in [1.807, 2.05) is 12.1 Å². The largest absolute Gasteiger partial charge is 0.465 e. The Morgan fingerprint density at radius 2 is 2.04 bits per heavy atom. The fourth-order valence-corrected chi connectivity index (χ4v) is 4.80. The number of rotatable bonds is 3. The van der Waals surface area contributed by atoms with E-state index < -0.39 is 22.6 Å². The molecule has 27 heavy (non-hydrogen) atoms. The number of fused-ring (bicyclic) bond motifs is 3. The lowest BCUT2D eigenvalue weighted by molar-refractivity contribution is -0.121. The Balaban J connectivity index is 1.68. The van der Waals surface area contributed by atoms with Crippen molar-refractivity contribution in [2.24, 2.45) is 0 Å². The lowest BCUT2D eigenvalue weighted by atomic mass is 10.1. The molecule has 2 aromatic carbocycles. The van der Waals surface area contributed by atoms with Crippen LogP contribution in [0.25, 0.3) is 0 Å². The van der Waals surface area contributed by atoms with Crippen molar-refractivity contribution in [1.82, 2.24) is 0 Å². The highest BCUT2D eigenvalue weighted by atomic mass is 32.2. The molecule has 0 unspecified atom stereocenters. The first kappa shape index (κ1) is 17.5. The summed E-state index contributed by atoms with van der Waals surface area (Å²) in [5.74, 6) is -1.96. The number of anilines is 2. The van der Waals surface area contributed by atoms with Crippen LogP contribution >= 0.6 is 11.8 Å². The molecule has 0 aromatic heterocycles. The molecule has 138 valence electrons. The molecule has 1 atom stereocenters. The van der Waals surface area contributed by atoms with E-state index in [0.717, 1.165) is 11.0 Å². The van der Waals surface area contributed by atoms with E-state index in [-0.39, 0.29) is 23.6 Å². The van der Waals surface area contributed by atoms with Crippen molar-refractivity contribution in [2.75, 3.05) is 17.3 Å². The molecule has 1 N–H and O–H groups in total. The number of esters is 1. The first-order chi connectivity index (χ1) is 13.0. The molecular weight excluding hydrogens is 371 g/mol. The zero-order valence-electron chi connectivity index (χ0n) is 14.3.